The minimum Gasteiger partial charge on any atom is -0.465 e. The van der Waals surface area contributed by atoms with Gasteiger partial charge in [-0.15, -0.1) is 0 Å². The summed E-state index contributed by atoms with van der Waals surface area (Å²) >= 11 is 4.11. The molecule has 34 heteroatoms. The summed E-state index contributed by atoms with van der Waals surface area (Å²) < 4.78 is 31.6. The fourth-order valence-electron chi connectivity index (χ4n) is 7.58. The lowest BCUT2D eigenvalue weighted by Crippen LogP contribution is -2.30. The van der Waals surface area contributed by atoms with Gasteiger partial charge in [-0.25, -0.2) is 14.6 Å². The van der Waals surface area contributed by atoms with Crippen LogP contribution in [0.4, 0.5) is 22.7 Å². The zero-order valence-electron chi connectivity index (χ0n) is 54.4. The van der Waals surface area contributed by atoms with Crippen LogP contribution in [-0.2, 0) is 57.2 Å². The molecule has 2 unspecified atom stereocenters. The van der Waals surface area contributed by atoms with Gasteiger partial charge in [-0.05, 0) is 161 Å². The number of thiol groups is 1. The van der Waals surface area contributed by atoms with E-state index < -0.39 is 73.1 Å². The first-order chi connectivity index (χ1) is 46.2. The lowest BCUT2D eigenvalue weighted by Gasteiger charge is -2.21. The summed E-state index contributed by atoms with van der Waals surface area (Å²) in [5.74, 6) is -3.37. The number of esters is 6. The van der Waals surface area contributed by atoms with Crippen LogP contribution in [0.3, 0.4) is 0 Å². The topological polar surface area (TPSA) is 407 Å². The van der Waals surface area contributed by atoms with Crippen molar-refractivity contribution in [2.24, 2.45) is 22.1 Å². The molecule has 0 aliphatic carbocycles. The molecular formula is C63H79B2N9O18S5. The molecule has 97 heavy (non-hydrogen) atoms. The number of azide groups is 2. The minimum absolute atomic E-state index is 0.0702. The lowest BCUT2D eigenvalue weighted by molar-refractivity contribution is -0.161. The van der Waals surface area contributed by atoms with Gasteiger partial charge in [0.05, 0.1) is 49.0 Å². The van der Waals surface area contributed by atoms with Gasteiger partial charge in [0.1, 0.15) is 29.4 Å². The first kappa shape index (κ1) is 83.4. The van der Waals surface area contributed by atoms with Crippen molar-refractivity contribution in [3.63, 3.8) is 0 Å². The standard InChI is InChI=1S/C29H37BN4O9S2.C20H30BNO7S.C14H12N4O2S2/c1-29(2,3)43-26(36)17-21(19-45-44-16-15-42-27(37)20-10-12-23(13-11-20)33-34-31)28(38)41-14-5-4-9-25(35)32-24-8-6-7-22(18-24)30(39)40;1-20(2,3)29-18(24)11-14(13-30)19(25)28-10-5-4-9-17(23)22-16-8-6-7-15(12-16)21(26)27;15-18-17-12-6-4-11(5-7-12)14(19)20-9-10-21-22-13-3-1-2-8-16-13/h6-8,10-13,18,21,39-40H,4-5,9,14-17,19H2,1-3H3,(H,32,35);6-8,12,14,26-27,30H,4-5,9-11,13H2,1-3H3,(H,22,23);1-8H,9-10H2. The Morgan fingerprint density at radius 3 is 1.41 bits per heavy atom. The van der Waals surface area contributed by atoms with Gasteiger partial charge in [-0.3, -0.25) is 28.8 Å². The summed E-state index contributed by atoms with van der Waals surface area (Å²) in [6, 6.07) is 30.5. The van der Waals surface area contributed by atoms with E-state index in [4.69, 9.17) is 49.5 Å². The van der Waals surface area contributed by atoms with Crippen molar-refractivity contribution < 1.29 is 86.9 Å². The van der Waals surface area contributed by atoms with Gasteiger partial charge >= 0.3 is 50.1 Å². The van der Waals surface area contributed by atoms with E-state index in [-0.39, 0.29) is 79.7 Å². The second-order valence-electron chi connectivity index (χ2n) is 22.4. The Balaban J connectivity index is 0.000000406. The number of hydrogen-bond acceptors (Lipinski definition) is 26. The molecule has 5 rings (SSSR count). The van der Waals surface area contributed by atoms with Crippen molar-refractivity contribution in [3.05, 3.63) is 153 Å². The predicted octanol–water partition coefficient (Wildman–Crippen LogP) is 10.5. The average Bonchev–Trinajstić information content (AvgIpc) is 1.00. The van der Waals surface area contributed by atoms with E-state index in [9.17, 15) is 48.4 Å². The SMILES string of the molecule is CC(C)(C)OC(=O)CC(CS)C(=O)OCCCCC(=O)Nc1cccc(B(O)O)c1.CC(C)(C)OC(=O)CC(CSSCCOC(=O)c1ccc(N=[N+]=[N-])cc1)C(=O)OCCCCC(=O)Nc1cccc(B(O)O)c1.[N-]=[N+]=Nc1ccc(C(=O)OCCSSc2ccccn2)cc1. The highest BCUT2D eigenvalue weighted by Crippen LogP contribution is 2.29. The number of hydrogen-bond donors (Lipinski definition) is 7. The maximum atomic E-state index is 12.8. The van der Waals surface area contributed by atoms with E-state index in [0.29, 0.717) is 77.7 Å². The summed E-state index contributed by atoms with van der Waals surface area (Å²) in [5, 5.41) is 50.0. The third-order valence-corrected chi connectivity index (χ3v) is 17.2. The lowest BCUT2D eigenvalue weighted by atomic mass is 9.80. The van der Waals surface area contributed by atoms with Crippen molar-refractivity contribution >= 4 is 151 Å². The highest BCUT2D eigenvalue weighted by atomic mass is 33.1. The van der Waals surface area contributed by atoms with E-state index in [1.54, 1.807) is 118 Å². The van der Waals surface area contributed by atoms with Crippen LogP contribution in [0.25, 0.3) is 20.9 Å². The number of unbranched alkanes of at least 4 members (excludes halogenated alkanes) is 2. The fourth-order valence-corrected chi connectivity index (χ4v) is 11.7. The Kier molecular flexibility index (Phi) is 39.8. The summed E-state index contributed by atoms with van der Waals surface area (Å²) in [4.78, 5) is 107. The van der Waals surface area contributed by atoms with Crippen molar-refractivity contribution in [1.29, 1.82) is 0 Å². The number of anilines is 2. The molecule has 0 bridgehead atoms. The molecule has 1 heterocycles. The molecule has 0 spiro atoms. The smallest absolute Gasteiger partial charge is 0.465 e. The highest BCUT2D eigenvalue weighted by Gasteiger charge is 2.28. The van der Waals surface area contributed by atoms with E-state index in [1.165, 1.54) is 70.1 Å². The van der Waals surface area contributed by atoms with E-state index in [2.05, 4.69) is 48.3 Å². The number of nitrogens with zero attached hydrogens (tertiary/aromatic N) is 7. The first-order valence-corrected chi connectivity index (χ1v) is 35.6. The normalized spacial score (nSPS) is 11.3. The van der Waals surface area contributed by atoms with Crippen LogP contribution in [-0.4, -0.2) is 148 Å². The van der Waals surface area contributed by atoms with Crippen LogP contribution in [0.1, 0.15) is 114 Å². The quantitative estimate of drug-likeness (QED) is 0.00225. The summed E-state index contributed by atoms with van der Waals surface area (Å²) in [6.45, 7) is 11.1. The molecule has 0 saturated carbocycles. The number of carbonyl (C=O) groups is 8. The van der Waals surface area contributed by atoms with Gasteiger partial charge in [0.15, 0.2) is 0 Å². The molecule has 0 aliphatic heterocycles. The summed E-state index contributed by atoms with van der Waals surface area (Å²) in [5.41, 5.74) is 18.5. The molecule has 6 N–H and O–H groups in total. The third kappa shape index (κ3) is 38.0. The molecular weight excluding hydrogens is 1350 g/mol. The molecule has 27 nitrogen and oxygen atoms in total. The largest absolute Gasteiger partial charge is 0.488 e. The number of rotatable bonds is 36. The van der Waals surface area contributed by atoms with Crippen molar-refractivity contribution in [2.75, 3.05) is 60.1 Å². The van der Waals surface area contributed by atoms with Crippen LogP contribution in [0.2, 0.25) is 0 Å². The third-order valence-electron chi connectivity index (χ3n) is 12.0. The number of amides is 2. The zero-order chi connectivity index (χ0) is 71.6. The molecule has 2 amide bonds. The number of ether oxygens (including phenoxy) is 6. The molecule has 0 saturated heterocycles. The summed E-state index contributed by atoms with van der Waals surface area (Å²) in [6.07, 6.45) is 3.73. The Morgan fingerprint density at radius 1 is 0.557 bits per heavy atom. The number of aromatic nitrogens is 1. The first-order valence-electron chi connectivity index (χ1n) is 30.2. The van der Waals surface area contributed by atoms with Gasteiger partial charge < -0.3 is 59.2 Å². The Labute approximate surface area is 584 Å². The van der Waals surface area contributed by atoms with Crippen LogP contribution in [0, 0.1) is 11.8 Å². The van der Waals surface area contributed by atoms with Gasteiger partial charge in [0.2, 0.25) is 11.8 Å². The molecule has 5 aromatic rings. The van der Waals surface area contributed by atoms with Crippen molar-refractivity contribution in [1.82, 2.24) is 4.98 Å². The maximum Gasteiger partial charge on any atom is 0.488 e. The Morgan fingerprint density at radius 2 is 1.00 bits per heavy atom. The van der Waals surface area contributed by atoms with Gasteiger partial charge in [0, 0.05) is 74.6 Å². The van der Waals surface area contributed by atoms with Gasteiger partial charge in [-0.1, -0.05) is 97.2 Å². The molecule has 2 atom stereocenters. The fraction of sp³-hybridized carbons (Fsp3) is 0.413. The van der Waals surface area contributed by atoms with Crippen LogP contribution in [0.5, 0.6) is 0 Å². The number of pyridine rings is 1. The van der Waals surface area contributed by atoms with Crippen LogP contribution < -0.4 is 21.6 Å². The van der Waals surface area contributed by atoms with Crippen LogP contribution >= 0.6 is 55.8 Å². The number of carbonyl (C=O) groups excluding carboxylic acids is 8. The van der Waals surface area contributed by atoms with Gasteiger partial charge in [0.25, 0.3) is 0 Å². The monoisotopic (exact) mass is 1430 g/mol. The van der Waals surface area contributed by atoms with Crippen LogP contribution in [0.15, 0.2) is 137 Å². The molecule has 520 valence electrons. The molecule has 0 aliphatic rings. The Bertz CT molecular complexity index is 3400. The molecule has 4 aromatic carbocycles. The molecule has 1 aromatic heterocycles. The number of nitrogens with one attached hydrogen (secondary N) is 2. The van der Waals surface area contributed by atoms with E-state index >= 15 is 0 Å². The maximum absolute atomic E-state index is 12.8. The van der Waals surface area contributed by atoms with E-state index in [0.717, 1.165) is 5.03 Å². The van der Waals surface area contributed by atoms with Crippen molar-refractivity contribution in [3.8, 4) is 0 Å². The van der Waals surface area contributed by atoms with Gasteiger partial charge in [-0.2, -0.15) is 12.6 Å². The number of benzene rings is 4. The van der Waals surface area contributed by atoms with E-state index in [1.807, 2.05) is 18.2 Å². The zero-order valence-corrected chi connectivity index (χ0v) is 58.5. The molecule has 0 radical (unpaired) electrons. The summed E-state index contributed by atoms with van der Waals surface area (Å²) in [7, 11) is 2.59. The van der Waals surface area contributed by atoms with Crippen molar-refractivity contribution in [2.45, 2.75) is 109 Å². The Hall–Kier alpha value is -7.87. The predicted molar refractivity (Wildman–Crippen MR) is 380 cm³/mol. The second-order valence-corrected chi connectivity index (χ2v) is 27.9. The average molecular weight is 1430 g/mol. The minimum atomic E-state index is -1.64. The second kappa shape index (κ2) is 46.4. The highest BCUT2D eigenvalue weighted by molar-refractivity contribution is 8.77. The molecule has 0 fully saturated rings.